The average Bonchev–Trinajstić information content (AvgIpc) is 2.50. The second kappa shape index (κ2) is 5.42. The van der Waals surface area contributed by atoms with Crippen molar-refractivity contribution in [2.45, 2.75) is 25.3 Å². The van der Waals surface area contributed by atoms with Gasteiger partial charge in [0.15, 0.2) is 0 Å². The van der Waals surface area contributed by atoms with Crippen LogP contribution in [0.25, 0.3) is 0 Å². The maximum atomic E-state index is 11.6. The van der Waals surface area contributed by atoms with Crippen molar-refractivity contribution in [2.75, 3.05) is 27.2 Å². The van der Waals surface area contributed by atoms with Crippen LogP contribution in [0.4, 0.5) is 0 Å². The van der Waals surface area contributed by atoms with Crippen LogP contribution in [0.15, 0.2) is 0 Å². The van der Waals surface area contributed by atoms with Crippen molar-refractivity contribution >= 4 is 23.1 Å². The Hall–Kier alpha value is -0.680. The van der Waals surface area contributed by atoms with Gasteiger partial charge in [0.2, 0.25) is 5.91 Å². The van der Waals surface area contributed by atoms with Crippen LogP contribution < -0.4 is 5.73 Å². The first-order valence-corrected chi connectivity index (χ1v) is 5.64. The van der Waals surface area contributed by atoms with Gasteiger partial charge >= 0.3 is 0 Å². The Labute approximate surface area is 96.4 Å². The van der Waals surface area contributed by atoms with Crippen LogP contribution in [0.1, 0.15) is 19.3 Å². The molecule has 15 heavy (non-hydrogen) atoms. The van der Waals surface area contributed by atoms with Crippen molar-refractivity contribution in [3.8, 4) is 0 Å². The number of thiocarbonyl (C=S) groups is 1. The van der Waals surface area contributed by atoms with Gasteiger partial charge in [-0.15, -0.1) is 0 Å². The second-order valence-electron chi connectivity index (χ2n) is 4.19. The fourth-order valence-corrected chi connectivity index (χ4v) is 2.04. The summed E-state index contributed by atoms with van der Waals surface area (Å²) >= 11 is 4.72. The molecule has 86 valence electrons. The third kappa shape index (κ3) is 3.76. The summed E-state index contributed by atoms with van der Waals surface area (Å²) in [4.78, 5) is 15.9. The van der Waals surface area contributed by atoms with Crippen LogP contribution in [0.3, 0.4) is 0 Å². The van der Waals surface area contributed by atoms with Gasteiger partial charge in [-0.1, -0.05) is 12.2 Å². The maximum absolute atomic E-state index is 11.6. The predicted molar refractivity (Wildman–Crippen MR) is 64.7 cm³/mol. The minimum Gasteiger partial charge on any atom is -0.393 e. The van der Waals surface area contributed by atoms with E-state index in [1.807, 2.05) is 7.05 Å². The van der Waals surface area contributed by atoms with E-state index < -0.39 is 0 Å². The number of carbonyl (C=O) groups excluding carboxylic acids is 1. The van der Waals surface area contributed by atoms with Crippen LogP contribution in [0, 0.1) is 0 Å². The minimum atomic E-state index is 0.0165. The molecule has 0 bridgehead atoms. The molecule has 1 aliphatic heterocycles. The number of carbonyl (C=O) groups is 1. The largest absolute Gasteiger partial charge is 0.393 e. The third-order valence-corrected chi connectivity index (χ3v) is 3.05. The molecule has 1 unspecified atom stereocenters. The summed E-state index contributed by atoms with van der Waals surface area (Å²) in [7, 11) is 3.91. The van der Waals surface area contributed by atoms with Gasteiger partial charge in [-0.2, -0.15) is 0 Å². The molecule has 1 fully saturated rings. The van der Waals surface area contributed by atoms with Gasteiger partial charge in [-0.3, -0.25) is 4.79 Å². The highest BCUT2D eigenvalue weighted by Crippen LogP contribution is 2.15. The summed E-state index contributed by atoms with van der Waals surface area (Å²) in [6.45, 7) is 1.90. The molecule has 0 aromatic rings. The molecule has 0 aliphatic carbocycles. The summed E-state index contributed by atoms with van der Waals surface area (Å²) in [6.07, 6.45) is 2.57. The highest BCUT2D eigenvalue weighted by Gasteiger charge is 2.23. The van der Waals surface area contributed by atoms with Crippen LogP contribution in [-0.2, 0) is 4.79 Å². The molecule has 0 aromatic carbocycles. The first-order chi connectivity index (χ1) is 7.00. The number of hydrogen-bond acceptors (Lipinski definition) is 3. The highest BCUT2D eigenvalue weighted by molar-refractivity contribution is 7.80. The van der Waals surface area contributed by atoms with Crippen molar-refractivity contribution in [1.82, 2.24) is 9.80 Å². The topological polar surface area (TPSA) is 49.6 Å². The van der Waals surface area contributed by atoms with Gasteiger partial charge in [0.05, 0.1) is 11.4 Å². The van der Waals surface area contributed by atoms with Crippen LogP contribution in [0.2, 0.25) is 0 Å². The number of nitrogens with zero attached hydrogens (tertiary/aromatic N) is 2. The lowest BCUT2D eigenvalue weighted by Crippen LogP contribution is -2.40. The molecule has 1 amide bonds. The zero-order chi connectivity index (χ0) is 11.4. The number of amides is 1. The molecule has 5 heteroatoms. The number of rotatable bonds is 4. The first kappa shape index (κ1) is 12.4. The fourth-order valence-electron chi connectivity index (χ4n) is 1.91. The Bertz CT molecular complexity index is 257. The molecule has 2 N–H and O–H groups in total. The van der Waals surface area contributed by atoms with E-state index in [9.17, 15) is 4.79 Å². The van der Waals surface area contributed by atoms with Crippen LogP contribution in [-0.4, -0.2) is 53.9 Å². The van der Waals surface area contributed by atoms with Crippen molar-refractivity contribution < 1.29 is 4.79 Å². The van der Waals surface area contributed by atoms with Gasteiger partial charge in [0.25, 0.3) is 0 Å². The maximum Gasteiger partial charge on any atom is 0.229 e. The summed E-state index contributed by atoms with van der Waals surface area (Å²) in [5, 5.41) is 0. The average molecular weight is 229 g/mol. The van der Waals surface area contributed by atoms with Gasteiger partial charge in [-0.25, -0.2) is 0 Å². The molecule has 4 nitrogen and oxygen atoms in total. The third-order valence-electron chi connectivity index (χ3n) is 2.91. The van der Waals surface area contributed by atoms with E-state index >= 15 is 0 Å². The van der Waals surface area contributed by atoms with Crippen LogP contribution in [0.5, 0.6) is 0 Å². The number of nitrogens with two attached hydrogens (primary N) is 1. The molecule has 0 spiro atoms. The second-order valence-corrected chi connectivity index (χ2v) is 4.72. The van der Waals surface area contributed by atoms with E-state index in [-0.39, 0.29) is 17.3 Å². The van der Waals surface area contributed by atoms with Gasteiger partial charge in [0, 0.05) is 19.6 Å². The highest BCUT2D eigenvalue weighted by atomic mass is 32.1. The number of hydrogen-bond donors (Lipinski definition) is 1. The van der Waals surface area contributed by atoms with Gasteiger partial charge in [-0.05, 0) is 26.4 Å². The van der Waals surface area contributed by atoms with E-state index in [1.54, 1.807) is 4.90 Å². The summed E-state index contributed by atoms with van der Waals surface area (Å²) in [5.74, 6) is 0.0165. The van der Waals surface area contributed by atoms with Crippen molar-refractivity contribution in [2.24, 2.45) is 5.73 Å². The summed E-state index contributed by atoms with van der Waals surface area (Å²) in [6, 6.07) is 0.491. The lowest BCUT2D eigenvalue weighted by molar-refractivity contribution is -0.129. The minimum absolute atomic E-state index is 0.0165. The quantitative estimate of drug-likeness (QED) is 0.700. The molecule has 0 saturated carbocycles. The Morgan fingerprint density at radius 3 is 2.80 bits per heavy atom. The molecular formula is C10H19N3OS. The molecule has 1 saturated heterocycles. The molecule has 1 heterocycles. The zero-order valence-corrected chi connectivity index (χ0v) is 10.2. The predicted octanol–water partition coefficient (Wildman–Crippen LogP) is 0.215. The molecule has 1 aliphatic rings. The monoisotopic (exact) mass is 229 g/mol. The summed E-state index contributed by atoms with van der Waals surface area (Å²) in [5.41, 5.74) is 5.34. The molecule has 0 aromatic heterocycles. The SMILES string of the molecule is CN(CC1CCCN1C)C(=O)CC(N)=S. The Morgan fingerprint density at radius 1 is 1.67 bits per heavy atom. The smallest absolute Gasteiger partial charge is 0.229 e. The van der Waals surface area contributed by atoms with Crippen molar-refractivity contribution in [3.05, 3.63) is 0 Å². The Balaban J connectivity index is 2.37. The Kier molecular flexibility index (Phi) is 4.47. The Morgan fingerprint density at radius 2 is 2.33 bits per heavy atom. The molecule has 1 atom stereocenters. The fraction of sp³-hybridized carbons (Fsp3) is 0.800. The zero-order valence-electron chi connectivity index (χ0n) is 9.40. The first-order valence-electron chi connectivity index (χ1n) is 5.23. The van der Waals surface area contributed by atoms with E-state index in [0.29, 0.717) is 6.04 Å². The van der Waals surface area contributed by atoms with E-state index in [0.717, 1.165) is 13.1 Å². The van der Waals surface area contributed by atoms with Crippen molar-refractivity contribution in [3.63, 3.8) is 0 Å². The molecule has 1 rings (SSSR count). The van der Waals surface area contributed by atoms with Gasteiger partial charge in [0.1, 0.15) is 0 Å². The number of likely N-dealkylation sites (N-methyl/N-ethyl adjacent to an activating group) is 2. The normalized spacial score (nSPS) is 21.6. The van der Waals surface area contributed by atoms with Crippen LogP contribution >= 0.6 is 12.2 Å². The lowest BCUT2D eigenvalue weighted by Gasteiger charge is -2.25. The molecule has 0 radical (unpaired) electrons. The van der Waals surface area contributed by atoms with Gasteiger partial charge < -0.3 is 15.5 Å². The van der Waals surface area contributed by atoms with E-state index in [2.05, 4.69) is 11.9 Å². The standard InChI is InChI=1S/C10H19N3OS/c1-12-5-3-4-8(12)7-13(2)10(14)6-9(11)15/h8H,3-7H2,1-2H3,(H2,11,15). The number of likely N-dealkylation sites (tertiary alicyclic amines) is 1. The van der Waals surface area contributed by atoms with Crippen molar-refractivity contribution in [1.29, 1.82) is 0 Å². The van der Waals surface area contributed by atoms with E-state index in [1.165, 1.54) is 12.8 Å². The molecular weight excluding hydrogens is 210 g/mol. The van der Waals surface area contributed by atoms with E-state index in [4.69, 9.17) is 18.0 Å². The summed E-state index contributed by atoms with van der Waals surface area (Å²) < 4.78 is 0. The lowest BCUT2D eigenvalue weighted by atomic mass is 10.2.